The quantitative estimate of drug-likeness (QED) is 0.830. The summed E-state index contributed by atoms with van der Waals surface area (Å²) < 4.78 is 0. The summed E-state index contributed by atoms with van der Waals surface area (Å²) >= 11 is 0. The van der Waals surface area contributed by atoms with E-state index in [0.717, 1.165) is 12.5 Å². The Hall–Kier alpha value is -0.0800. The highest BCUT2D eigenvalue weighted by Crippen LogP contribution is 2.39. The van der Waals surface area contributed by atoms with Crippen LogP contribution in [0.15, 0.2) is 0 Å². The molecule has 108 valence electrons. The van der Waals surface area contributed by atoms with E-state index in [2.05, 4.69) is 46.4 Å². The topological polar surface area (TPSA) is 29.3 Å². The van der Waals surface area contributed by atoms with Crippen molar-refractivity contribution in [3.8, 4) is 0 Å². The second-order valence-corrected chi connectivity index (χ2v) is 7.19. The zero-order chi connectivity index (χ0) is 13.9. The molecular weight excluding hydrogens is 220 g/mol. The maximum atomic E-state index is 6.41. The highest BCUT2D eigenvalue weighted by Gasteiger charge is 2.37. The largest absolute Gasteiger partial charge is 0.326 e. The predicted octanol–water partition coefficient (Wildman–Crippen LogP) is 3.65. The number of nitrogens with zero attached hydrogens (tertiary/aromatic N) is 1. The Morgan fingerprint density at radius 2 is 1.83 bits per heavy atom. The van der Waals surface area contributed by atoms with Gasteiger partial charge in [0.1, 0.15) is 0 Å². The summed E-state index contributed by atoms with van der Waals surface area (Å²) in [7, 11) is 0. The van der Waals surface area contributed by atoms with Crippen LogP contribution in [0.1, 0.15) is 67.2 Å². The van der Waals surface area contributed by atoms with Gasteiger partial charge in [-0.1, -0.05) is 34.6 Å². The van der Waals surface area contributed by atoms with Crippen molar-refractivity contribution in [2.75, 3.05) is 6.54 Å². The van der Waals surface area contributed by atoms with E-state index >= 15 is 0 Å². The summed E-state index contributed by atoms with van der Waals surface area (Å²) in [6.45, 7) is 15.2. The first kappa shape index (κ1) is 16.0. The molecule has 18 heavy (non-hydrogen) atoms. The summed E-state index contributed by atoms with van der Waals surface area (Å²) in [5.74, 6) is 0.820. The normalized spacial score (nSPS) is 31.7. The van der Waals surface area contributed by atoms with Gasteiger partial charge in [0.15, 0.2) is 0 Å². The zero-order valence-electron chi connectivity index (χ0n) is 13.4. The van der Waals surface area contributed by atoms with Crippen molar-refractivity contribution in [1.29, 1.82) is 0 Å². The van der Waals surface area contributed by atoms with Crippen LogP contribution in [0.5, 0.6) is 0 Å². The molecule has 0 radical (unpaired) electrons. The van der Waals surface area contributed by atoms with Crippen LogP contribution in [-0.2, 0) is 0 Å². The van der Waals surface area contributed by atoms with Gasteiger partial charge >= 0.3 is 0 Å². The van der Waals surface area contributed by atoms with Gasteiger partial charge in [0.05, 0.1) is 0 Å². The van der Waals surface area contributed by atoms with Crippen molar-refractivity contribution in [3.63, 3.8) is 0 Å². The molecule has 0 spiro atoms. The van der Waals surface area contributed by atoms with Crippen LogP contribution in [0.4, 0.5) is 0 Å². The van der Waals surface area contributed by atoms with Crippen LogP contribution in [0, 0.1) is 11.3 Å². The number of rotatable bonds is 4. The molecule has 0 aromatic heterocycles. The Balaban J connectivity index is 2.77. The van der Waals surface area contributed by atoms with Gasteiger partial charge in [0, 0.05) is 18.1 Å². The van der Waals surface area contributed by atoms with Crippen LogP contribution in [0.3, 0.4) is 0 Å². The molecule has 0 bridgehead atoms. The van der Waals surface area contributed by atoms with Crippen LogP contribution in [-0.4, -0.2) is 29.6 Å². The fraction of sp³-hybridized carbons (Fsp3) is 1.00. The Kier molecular flexibility index (Phi) is 5.67. The van der Waals surface area contributed by atoms with E-state index < -0.39 is 0 Å². The summed E-state index contributed by atoms with van der Waals surface area (Å²) in [6, 6.07) is 1.62. The van der Waals surface area contributed by atoms with Gasteiger partial charge < -0.3 is 5.73 Å². The first-order valence-electron chi connectivity index (χ1n) is 7.82. The van der Waals surface area contributed by atoms with E-state index in [1.165, 1.54) is 25.7 Å². The summed E-state index contributed by atoms with van der Waals surface area (Å²) in [5, 5.41) is 0. The molecule has 0 aromatic rings. The molecule has 0 aliphatic heterocycles. The van der Waals surface area contributed by atoms with Crippen molar-refractivity contribution in [3.05, 3.63) is 0 Å². The lowest BCUT2D eigenvalue weighted by Crippen LogP contribution is -2.55. The molecule has 0 aromatic carbocycles. The summed E-state index contributed by atoms with van der Waals surface area (Å²) in [5.41, 5.74) is 6.84. The minimum atomic E-state index is 0.373. The molecule has 0 heterocycles. The van der Waals surface area contributed by atoms with E-state index in [4.69, 9.17) is 5.73 Å². The Morgan fingerprint density at radius 3 is 2.28 bits per heavy atom. The standard InChI is InChI=1S/C16H34N2/c1-7-12(3)18(8-2)15-11-13(16(4,5)6)9-10-14(15)17/h12-15H,7-11,17H2,1-6H3. The van der Waals surface area contributed by atoms with Gasteiger partial charge in [-0.25, -0.2) is 0 Å². The number of hydrogen-bond acceptors (Lipinski definition) is 2. The van der Waals surface area contributed by atoms with Gasteiger partial charge in [0.25, 0.3) is 0 Å². The molecule has 1 fully saturated rings. The molecule has 1 aliphatic carbocycles. The van der Waals surface area contributed by atoms with Crippen LogP contribution in [0.2, 0.25) is 0 Å². The lowest BCUT2D eigenvalue weighted by Gasteiger charge is -2.46. The summed E-state index contributed by atoms with van der Waals surface area (Å²) in [6.07, 6.45) is 5.00. The van der Waals surface area contributed by atoms with Gasteiger partial charge in [-0.05, 0) is 50.5 Å². The van der Waals surface area contributed by atoms with Gasteiger partial charge in [0.2, 0.25) is 0 Å². The van der Waals surface area contributed by atoms with E-state index in [0.29, 0.717) is 23.5 Å². The SMILES string of the molecule is CCC(C)N(CC)C1CC(C(C)(C)C)CCC1N. The monoisotopic (exact) mass is 254 g/mol. The Labute approximate surface area is 114 Å². The fourth-order valence-corrected chi connectivity index (χ4v) is 3.45. The second-order valence-electron chi connectivity index (χ2n) is 7.19. The van der Waals surface area contributed by atoms with E-state index in [1.54, 1.807) is 0 Å². The third kappa shape index (κ3) is 3.71. The van der Waals surface area contributed by atoms with Gasteiger partial charge in [-0.15, -0.1) is 0 Å². The molecule has 0 saturated heterocycles. The molecule has 2 N–H and O–H groups in total. The third-order valence-electron chi connectivity index (χ3n) is 5.04. The van der Waals surface area contributed by atoms with Crippen molar-refractivity contribution < 1.29 is 0 Å². The van der Waals surface area contributed by atoms with Crippen molar-refractivity contribution in [2.24, 2.45) is 17.1 Å². The van der Waals surface area contributed by atoms with Crippen LogP contribution >= 0.6 is 0 Å². The minimum absolute atomic E-state index is 0.373. The highest BCUT2D eigenvalue weighted by atomic mass is 15.2. The Morgan fingerprint density at radius 1 is 1.22 bits per heavy atom. The Bertz CT molecular complexity index is 244. The fourth-order valence-electron chi connectivity index (χ4n) is 3.45. The molecule has 1 rings (SSSR count). The minimum Gasteiger partial charge on any atom is -0.326 e. The van der Waals surface area contributed by atoms with E-state index in [-0.39, 0.29) is 0 Å². The smallest absolute Gasteiger partial charge is 0.0252 e. The maximum Gasteiger partial charge on any atom is 0.0252 e. The molecule has 4 unspecified atom stereocenters. The molecule has 2 heteroatoms. The first-order chi connectivity index (χ1) is 8.31. The lowest BCUT2D eigenvalue weighted by molar-refractivity contribution is 0.0491. The lowest BCUT2D eigenvalue weighted by atomic mass is 9.69. The van der Waals surface area contributed by atoms with E-state index in [1.807, 2.05) is 0 Å². The highest BCUT2D eigenvalue weighted by molar-refractivity contribution is 4.93. The predicted molar refractivity (Wildman–Crippen MR) is 80.7 cm³/mol. The summed E-state index contributed by atoms with van der Waals surface area (Å²) in [4.78, 5) is 2.64. The average molecular weight is 254 g/mol. The van der Waals surface area contributed by atoms with Gasteiger partial charge in [-0.3, -0.25) is 4.90 Å². The van der Waals surface area contributed by atoms with Crippen molar-refractivity contribution >= 4 is 0 Å². The number of hydrogen-bond donors (Lipinski definition) is 1. The average Bonchev–Trinajstić information content (AvgIpc) is 2.30. The first-order valence-corrected chi connectivity index (χ1v) is 7.82. The molecule has 2 nitrogen and oxygen atoms in total. The maximum absolute atomic E-state index is 6.41. The van der Waals surface area contributed by atoms with Gasteiger partial charge in [-0.2, -0.15) is 0 Å². The molecule has 0 amide bonds. The van der Waals surface area contributed by atoms with Crippen LogP contribution in [0.25, 0.3) is 0 Å². The molecule has 4 atom stereocenters. The number of likely N-dealkylation sites (N-methyl/N-ethyl adjacent to an activating group) is 1. The van der Waals surface area contributed by atoms with Crippen molar-refractivity contribution in [1.82, 2.24) is 4.90 Å². The molecule has 1 aliphatic rings. The van der Waals surface area contributed by atoms with Crippen LogP contribution < -0.4 is 5.73 Å². The molecular formula is C16H34N2. The van der Waals surface area contributed by atoms with Crippen molar-refractivity contribution in [2.45, 2.75) is 85.4 Å². The second kappa shape index (κ2) is 6.38. The number of nitrogens with two attached hydrogens (primary N) is 1. The van der Waals surface area contributed by atoms with E-state index in [9.17, 15) is 0 Å². The molecule has 1 saturated carbocycles. The zero-order valence-corrected chi connectivity index (χ0v) is 13.4. The third-order valence-corrected chi connectivity index (χ3v) is 5.04.